The second kappa shape index (κ2) is 6.93. The van der Waals surface area contributed by atoms with Crippen LogP contribution in [0.1, 0.15) is 16.8 Å². The number of amides is 2. The molecule has 7 nitrogen and oxygen atoms in total. The molecule has 3 rings (SSSR count). The predicted octanol–water partition coefficient (Wildman–Crippen LogP) is 0.506. The molecule has 2 aliphatic heterocycles. The van der Waals surface area contributed by atoms with E-state index in [1.807, 2.05) is 0 Å². The van der Waals surface area contributed by atoms with Crippen molar-refractivity contribution in [3.63, 3.8) is 0 Å². The zero-order valence-electron chi connectivity index (χ0n) is 13.4. The summed E-state index contributed by atoms with van der Waals surface area (Å²) in [4.78, 5) is 25.2. The van der Waals surface area contributed by atoms with Gasteiger partial charge in [0.05, 0.1) is 18.0 Å². The third-order valence-electron chi connectivity index (χ3n) is 4.14. The second-order valence-electron chi connectivity index (χ2n) is 5.88. The summed E-state index contributed by atoms with van der Waals surface area (Å²) in [5, 5.41) is 2.57. The third-order valence-corrected chi connectivity index (χ3v) is 6.00. The SMILES string of the molecule is O=C1CN(S(=O)(=O)c2ccc(C(=O)N3CCC=C(F)C3)cc2)CCN1. The number of hydrogen-bond acceptors (Lipinski definition) is 4. The zero-order chi connectivity index (χ0) is 18.0. The highest BCUT2D eigenvalue weighted by atomic mass is 32.2. The van der Waals surface area contributed by atoms with E-state index in [4.69, 9.17) is 0 Å². The van der Waals surface area contributed by atoms with Crippen molar-refractivity contribution >= 4 is 21.8 Å². The van der Waals surface area contributed by atoms with Gasteiger partial charge in [0.2, 0.25) is 15.9 Å². The highest BCUT2D eigenvalue weighted by Gasteiger charge is 2.29. The van der Waals surface area contributed by atoms with Crippen LogP contribution in [-0.2, 0) is 14.8 Å². The summed E-state index contributed by atoms with van der Waals surface area (Å²) in [6, 6.07) is 5.50. The summed E-state index contributed by atoms with van der Waals surface area (Å²) in [6.45, 7) is 0.607. The van der Waals surface area contributed by atoms with Crippen molar-refractivity contribution in [3.05, 3.63) is 41.7 Å². The van der Waals surface area contributed by atoms with Crippen LogP contribution >= 0.6 is 0 Å². The Morgan fingerprint density at radius 3 is 2.48 bits per heavy atom. The number of halogens is 1. The minimum absolute atomic E-state index is 0.0171. The van der Waals surface area contributed by atoms with E-state index in [0.717, 1.165) is 4.31 Å². The number of carbonyl (C=O) groups is 2. The largest absolute Gasteiger partial charge is 0.354 e. The average molecular weight is 367 g/mol. The summed E-state index contributed by atoms with van der Waals surface area (Å²) >= 11 is 0. The van der Waals surface area contributed by atoms with Crippen molar-refractivity contribution in [1.82, 2.24) is 14.5 Å². The predicted molar refractivity (Wildman–Crippen MR) is 87.9 cm³/mol. The van der Waals surface area contributed by atoms with Crippen molar-refractivity contribution in [3.8, 4) is 0 Å². The molecule has 1 N–H and O–H groups in total. The van der Waals surface area contributed by atoms with Gasteiger partial charge in [-0.05, 0) is 36.8 Å². The number of nitrogens with zero attached hydrogens (tertiary/aromatic N) is 2. The van der Waals surface area contributed by atoms with Crippen LogP contribution in [-0.4, -0.2) is 62.2 Å². The van der Waals surface area contributed by atoms with E-state index >= 15 is 0 Å². The van der Waals surface area contributed by atoms with E-state index in [2.05, 4.69) is 5.32 Å². The molecule has 9 heteroatoms. The molecule has 2 amide bonds. The van der Waals surface area contributed by atoms with Crippen LogP contribution < -0.4 is 5.32 Å². The number of rotatable bonds is 3. The molecule has 25 heavy (non-hydrogen) atoms. The first-order valence-corrected chi connectivity index (χ1v) is 9.32. The molecule has 2 aliphatic rings. The van der Waals surface area contributed by atoms with Crippen LogP contribution in [0.2, 0.25) is 0 Å². The van der Waals surface area contributed by atoms with E-state index in [1.165, 1.54) is 35.2 Å². The van der Waals surface area contributed by atoms with Crippen LogP contribution in [0.15, 0.2) is 41.1 Å². The Hall–Kier alpha value is -2.26. The number of carbonyl (C=O) groups excluding carboxylic acids is 2. The van der Waals surface area contributed by atoms with Gasteiger partial charge in [0.1, 0.15) is 5.83 Å². The maximum Gasteiger partial charge on any atom is 0.254 e. The van der Waals surface area contributed by atoms with E-state index in [-0.39, 0.29) is 48.7 Å². The van der Waals surface area contributed by atoms with Gasteiger partial charge in [0, 0.05) is 25.2 Å². The molecule has 0 bridgehead atoms. The fourth-order valence-corrected chi connectivity index (χ4v) is 4.19. The molecule has 1 saturated heterocycles. The van der Waals surface area contributed by atoms with Gasteiger partial charge < -0.3 is 10.2 Å². The van der Waals surface area contributed by atoms with Gasteiger partial charge in [0.25, 0.3) is 5.91 Å². The van der Waals surface area contributed by atoms with E-state index < -0.39 is 10.0 Å². The molecule has 0 atom stereocenters. The summed E-state index contributed by atoms with van der Waals surface area (Å²) in [5.74, 6) is -1.03. The first kappa shape index (κ1) is 17.6. The van der Waals surface area contributed by atoms with Gasteiger partial charge in [-0.1, -0.05) is 0 Å². The lowest BCUT2D eigenvalue weighted by molar-refractivity contribution is -0.122. The second-order valence-corrected chi connectivity index (χ2v) is 7.82. The zero-order valence-corrected chi connectivity index (χ0v) is 14.3. The minimum Gasteiger partial charge on any atom is -0.354 e. The van der Waals surface area contributed by atoms with Crippen molar-refractivity contribution in [2.45, 2.75) is 11.3 Å². The molecule has 1 aromatic rings. The minimum atomic E-state index is -3.79. The Morgan fingerprint density at radius 1 is 1.12 bits per heavy atom. The fraction of sp³-hybridized carbons (Fsp3) is 0.375. The highest BCUT2D eigenvalue weighted by molar-refractivity contribution is 7.89. The van der Waals surface area contributed by atoms with Gasteiger partial charge >= 0.3 is 0 Å². The number of benzene rings is 1. The van der Waals surface area contributed by atoms with Gasteiger partial charge in [-0.2, -0.15) is 4.31 Å². The molecule has 0 radical (unpaired) electrons. The number of hydrogen-bond donors (Lipinski definition) is 1. The molecule has 0 saturated carbocycles. The first-order chi connectivity index (χ1) is 11.9. The van der Waals surface area contributed by atoms with Crippen LogP contribution in [0.3, 0.4) is 0 Å². The first-order valence-electron chi connectivity index (χ1n) is 7.88. The van der Waals surface area contributed by atoms with Crippen LogP contribution in [0.25, 0.3) is 0 Å². The maximum absolute atomic E-state index is 13.3. The normalized spacial score (nSPS) is 19.3. The number of nitrogens with one attached hydrogen (secondary N) is 1. The lowest BCUT2D eigenvalue weighted by Gasteiger charge is -2.26. The molecule has 2 heterocycles. The van der Waals surface area contributed by atoms with Crippen molar-refractivity contribution in [1.29, 1.82) is 0 Å². The number of piperazine rings is 1. The van der Waals surface area contributed by atoms with Gasteiger partial charge in [0.15, 0.2) is 0 Å². The smallest absolute Gasteiger partial charge is 0.254 e. The average Bonchev–Trinajstić information content (AvgIpc) is 2.61. The quantitative estimate of drug-likeness (QED) is 0.843. The number of sulfonamides is 1. The van der Waals surface area contributed by atoms with Crippen LogP contribution in [0.4, 0.5) is 4.39 Å². The standard InChI is InChI=1S/C16H18FN3O4S/c17-13-2-1-8-19(10-13)16(22)12-3-5-14(6-4-12)25(23,24)20-9-7-18-15(21)11-20/h2-6H,1,7-11H2,(H,18,21). The maximum atomic E-state index is 13.3. The Labute approximate surface area is 145 Å². The summed E-state index contributed by atoms with van der Waals surface area (Å²) < 4.78 is 39.5. The molecule has 134 valence electrons. The van der Waals surface area contributed by atoms with Crippen LogP contribution in [0.5, 0.6) is 0 Å². The van der Waals surface area contributed by atoms with E-state index in [1.54, 1.807) is 0 Å². The Morgan fingerprint density at radius 2 is 1.84 bits per heavy atom. The van der Waals surface area contributed by atoms with Crippen molar-refractivity contribution < 1.29 is 22.4 Å². The Kier molecular flexibility index (Phi) is 4.87. The monoisotopic (exact) mass is 367 g/mol. The topological polar surface area (TPSA) is 86.8 Å². The molecule has 0 aliphatic carbocycles. The molecule has 0 unspecified atom stereocenters. The van der Waals surface area contributed by atoms with Crippen molar-refractivity contribution in [2.75, 3.05) is 32.7 Å². The summed E-state index contributed by atoms with van der Waals surface area (Å²) in [6.07, 6.45) is 1.91. The molecule has 0 spiro atoms. The lowest BCUT2D eigenvalue weighted by Crippen LogP contribution is -2.49. The van der Waals surface area contributed by atoms with Crippen LogP contribution in [0, 0.1) is 0 Å². The molecule has 0 aromatic heterocycles. The van der Waals surface area contributed by atoms with Gasteiger partial charge in [-0.3, -0.25) is 9.59 Å². The Balaban J connectivity index is 1.76. The Bertz CT molecular complexity index is 820. The highest BCUT2D eigenvalue weighted by Crippen LogP contribution is 2.19. The fourth-order valence-electron chi connectivity index (χ4n) is 2.80. The molecule has 1 fully saturated rings. The van der Waals surface area contributed by atoms with E-state index in [9.17, 15) is 22.4 Å². The molecular weight excluding hydrogens is 349 g/mol. The summed E-state index contributed by atoms with van der Waals surface area (Å²) in [5.41, 5.74) is 0.296. The van der Waals surface area contributed by atoms with Gasteiger partial charge in [-0.25, -0.2) is 12.8 Å². The van der Waals surface area contributed by atoms with Crippen molar-refractivity contribution in [2.24, 2.45) is 0 Å². The molecule has 1 aromatic carbocycles. The van der Waals surface area contributed by atoms with Gasteiger partial charge in [-0.15, -0.1) is 0 Å². The lowest BCUT2D eigenvalue weighted by atomic mass is 10.1. The molecular formula is C16H18FN3O4S. The van der Waals surface area contributed by atoms with E-state index in [0.29, 0.717) is 18.5 Å². The third kappa shape index (κ3) is 3.72. The summed E-state index contributed by atoms with van der Waals surface area (Å²) in [7, 11) is -3.79.